The van der Waals surface area contributed by atoms with E-state index in [1.165, 1.54) is 24.3 Å². The molecule has 22 heavy (non-hydrogen) atoms. The summed E-state index contributed by atoms with van der Waals surface area (Å²) >= 11 is 11.8. The molecular weight excluding hydrogens is 349 g/mol. The molecule has 0 fully saturated rings. The first-order chi connectivity index (χ1) is 10.2. The Kier molecular flexibility index (Phi) is 4.65. The van der Waals surface area contributed by atoms with Crippen LogP contribution in [0.4, 0.5) is 5.69 Å². The van der Waals surface area contributed by atoms with Crippen LogP contribution in [0.2, 0.25) is 10.0 Å². The number of nitrogens with one attached hydrogen (secondary N) is 1. The van der Waals surface area contributed by atoms with Crippen molar-refractivity contribution in [2.75, 3.05) is 4.72 Å². The van der Waals surface area contributed by atoms with Gasteiger partial charge in [0.05, 0.1) is 26.2 Å². The summed E-state index contributed by atoms with van der Waals surface area (Å²) in [7, 11) is -3.84. The third-order valence-corrected chi connectivity index (χ3v) is 5.15. The number of aromatic carboxylic acids is 1. The van der Waals surface area contributed by atoms with Crippen molar-refractivity contribution in [2.24, 2.45) is 0 Å². The van der Waals surface area contributed by atoms with E-state index in [-0.39, 0.29) is 26.2 Å². The second-order valence-electron chi connectivity index (χ2n) is 4.51. The van der Waals surface area contributed by atoms with E-state index in [0.29, 0.717) is 0 Å². The third-order valence-electron chi connectivity index (χ3n) is 2.89. The lowest BCUT2D eigenvalue weighted by Crippen LogP contribution is -2.13. The Morgan fingerprint density at radius 1 is 1.05 bits per heavy atom. The summed E-state index contributed by atoms with van der Waals surface area (Å²) in [6.07, 6.45) is 0. The predicted octanol–water partition coefficient (Wildman–Crippen LogP) is 3.80. The fourth-order valence-electron chi connectivity index (χ4n) is 1.71. The van der Waals surface area contributed by atoms with Crippen molar-refractivity contribution < 1.29 is 18.3 Å². The van der Waals surface area contributed by atoms with Gasteiger partial charge in [-0.3, -0.25) is 4.72 Å². The molecule has 8 heteroatoms. The summed E-state index contributed by atoms with van der Waals surface area (Å²) in [4.78, 5) is 11.0. The molecular formula is C14H11Cl2NO4S. The highest BCUT2D eigenvalue weighted by atomic mass is 35.5. The highest BCUT2D eigenvalue weighted by Crippen LogP contribution is 2.34. The topological polar surface area (TPSA) is 83.5 Å². The van der Waals surface area contributed by atoms with E-state index in [4.69, 9.17) is 28.3 Å². The number of hydrogen-bond acceptors (Lipinski definition) is 3. The minimum absolute atomic E-state index is 0.0113. The van der Waals surface area contributed by atoms with Crippen molar-refractivity contribution in [1.82, 2.24) is 0 Å². The Labute approximate surface area is 137 Å². The Morgan fingerprint density at radius 2 is 1.64 bits per heavy atom. The number of carboxylic acid groups (broad SMARTS) is 1. The van der Waals surface area contributed by atoms with Gasteiger partial charge >= 0.3 is 5.97 Å². The molecule has 0 aromatic heterocycles. The van der Waals surface area contributed by atoms with E-state index >= 15 is 0 Å². The maximum atomic E-state index is 12.3. The van der Waals surface area contributed by atoms with E-state index in [1.807, 2.05) is 6.92 Å². The summed E-state index contributed by atoms with van der Waals surface area (Å²) in [5, 5.41) is 8.54. The van der Waals surface area contributed by atoms with Crippen molar-refractivity contribution in [2.45, 2.75) is 11.8 Å². The molecule has 116 valence electrons. The molecule has 2 aromatic rings. The fourth-order valence-corrected chi connectivity index (χ4v) is 3.30. The van der Waals surface area contributed by atoms with Crippen LogP contribution in [0.15, 0.2) is 41.3 Å². The van der Waals surface area contributed by atoms with Gasteiger partial charge in [0.1, 0.15) is 0 Å². The minimum Gasteiger partial charge on any atom is -0.478 e. The molecule has 2 N–H and O–H groups in total. The number of hydrogen-bond donors (Lipinski definition) is 2. The molecule has 2 rings (SSSR count). The lowest BCUT2D eigenvalue weighted by Gasteiger charge is -2.11. The number of benzene rings is 2. The average Bonchev–Trinajstić information content (AvgIpc) is 2.44. The van der Waals surface area contributed by atoms with Crippen LogP contribution in [0.1, 0.15) is 15.9 Å². The highest BCUT2D eigenvalue weighted by molar-refractivity contribution is 7.92. The first-order valence-corrected chi connectivity index (χ1v) is 8.27. The van der Waals surface area contributed by atoms with Crippen molar-refractivity contribution in [1.29, 1.82) is 0 Å². The molecule has 0 amide bonds. The minimum atomic E-state index is -3.84. The predicted molar refractivity (Wildman–Crippen MR) is 85.4 cm³/mol. The lowest BCUT2D eigenvalue weighted by molar-refractivity contribution is 0.0697. The van der Waals surface area contributed by atoms with Crippen LogP contribution >= 0.6 is 23.2 Å². The van der Waals surface area contributed by atoms with Gasteiger partial charge in [-0.15, -0.1) is 0 Å². The smallest absolute Gasteiger partial charge is 0.337 e. The van der Waals surface area contributed by atoms with Crippen LogP contribution < -0.4 is 4.72 Å². The number of aryl methyl sites for hydroxylation is 1. The van der Waals surface area contributed by atoms with E-state index < -0.39 is 16.0 Å². The second kappa shape index (κ2) is 6.16. The standard InChI is InChI=1S/C14H11Cl2NO4S/c1-8-2-4-9(5-3-8)22(20,21)17-11-7-6-10(14(18)19)12(15)13(11)16/h2-7,17H,1H3,(H,18,19). The Balaban J connectivity index is 2.40. The molecule has 0 spiro atoms. The molecule has 0 radical (unpaired) electrons. The summed E-state index contributed by atoms with van der Waals surface area (Å²) in [6, 6.07) is 8.68. The zero-order chi connectivity index (χ0) is 16.5. The second-order valence-corrected chi connectivity index (χ2v) is 6.95. The summed E-state index contributed by atoms with van der Waals surface area (Å²) in [5.41, 5.74) is 0.730. The van der Waals surface area contributed by atoms with Crippen LogP contribution in [0.3, 0.4) is 0 Å². The number of carbonyl (C=O) groups is 1. The summed E-state index contributed by atoms with van der Waals surface area (Å²) in [6.45, 7) is 1.84. The first kappa shape index (κ1) is 16.6. The maximum absolute atomic E-state index is 12.3. The Bertz CT molecular complexity index is 833. The molecule has 0 saturated heterocycles. The molecule has 0 atom stereocenters. The van der Waals surface area contributed by atoms with Gasteiger partial charge in [-0.2, -0.15) is 0 Å². The van der Waals surface area contributed by atoms with E-state index in [0.717, 1.165) is 5.56 Å². The van der Waals surface area contributed by atoms with E-state index in [9.17, 15) is 13.2 Å². The van der Waals surface area contributed by atoms with Crippen LogP contribution in [0.5, 0.6) is 0 Å². The first-order valence-electron chi connectivity index (χ1n) is 6.03. The fraction of sp³-hybridized carbons (Fsp3) is 0.0714. The van der Waals surface area contributed by atoms with Crippen molar-refractivity contribution in [3.8, 4) is 0 Å². The normalized spacial score (nSPS) is 11.2. The van der Waals surface area contributed by atoms with Crippen LogP contribution in [0.25, 0.3) is 0 Å². The quantitative estimate of drug-likeness (QED) is 0.869. The zero-order valence-corrected chi connectivity index (χ0v) is 13.6. The maximum Gasteiger partial charge on any atom is 0.337 e. The van der Waals surface area contributed by atoms with Gasteiger partial charge in [0.25, 0.3) is 10.0 Å². The molecule has 2 aromatic carbocycles. The van der Waals surface area contributed by atoms with Crippen LogP contribution in [0, 0.1) is 6.92 Å². The number of carboxylic acids is 1. The number of sulfonamides is 1. The van der Waals surface area contributed by atoms with Crippen LogP contribution in [-0.2, 0) is 10.0 Å². The summed E-state index contributed by atoms with van der Waals surface area (Å²) in [5.74, 6) is -1.25. The molecule has 0 heterocycles. The largest absolute Gasteiger partial charge is 0.478 e. The van der Waals surface area contributed by atoms with E-state index in [2.05, 4.69) is 4.72 Å². The lowest BCUT2D eigenvalue weighted by atomic mass is 10.2. The Hall–Kier alpha value is -1.76. The van der Waals surface area contributed by atoms with Gasteiger partial charge in [0.2, 0.25) is 0 Å². The van der Waals surface area contributed by atoms with Crippen LogP contribution in [-0.4, -0.2) is 19.5 Å². The molecule has 0 unspecified atom stereocenters. The molecule has 0 bridgehead atoms. The van der Waals surface area contributed by atoms with Gasteiger partial charge in [0, 0.05) is 0 Å². The monoisotopic (exact) mass is 359 g/mol. The molecule has 0 aliphatic rings. The van der Waals surface area contributed by atoms with Gasteiger partial charge in [-0.1, -0.05) is 40.9 Å². The molecule has 0 saturated carbocycles. The number of rotatable bonds is 4. The van der Waals surface area contributed by atoms with Crippen molar-refractivity contribution in [3.05, 3.63) is 57.6 Å². The van der Waals surface area contributed by atoms with Gasteiger partial charge in [-0.05, 0) is 31.2 Å². The number of halogens is 2. The summed E-state index contributed by atoms with van der Waals surface area (Å²) < 4.78 is 26.8. The third kappa shape index (κ3) is 3.35. The average molecular weight is 360 g/mol. The van der Waals surface area contributed by atoms with Crippen molar-refractivity contribution >= 4 is 44.9 Å². The molecule has 0 aliphatic carbocycles. The molecule has 0 aliphatic heterocycles. The zero-order valence-electron chi connectivity index (χ0n) is 11.3. The van der Waals surface area contributed by atoms with Crippen molar-refractivity contribution in [3.63, 3.8) is 0 Å². The molecule has 5 nitrogen and oxygen atoms in total. The SMILES string of the molecule is Cc1ccc(S(=O)(=O)Nc2ccc(C(=O)O)c(Cl)c2Cl)cc1. The van der Waals surface area contributed by atoms with E-state index in [1.54, 1.807) is 12.1 Å². The van der Waals surface area contributed by atoms with Gasteiger partial charge in [-0.25, -0.2) is 13.2 Å². The van der Waals surface area contributed by atoms with Gasteiger partial charge in [0.15, 0.2) is 0 Å². The Morgan fingerprint density at radius 3 is 2.18 bits per heavy atom. The van der Waals surface area contributed by atoms with Gasteiger partial charge < -0.3 is 5.11 Å². The highest BCUT2D eigenvalue weighted by Gasteiger charge is 2.19. The number of anilines is 1.